The second-order valence-electron chi connectivity index (χ2n) is 11.8. The standard InChI is InChI=1S/C25H40O7/c1-5-6-7-11-31-21-23-10-8-9-22(3,4)17(23)20(29)25(30,32-21)24-16(23)15(26)12-14(19(24)28)13(2)18(24)27/h14-21,26-30H,2,5-12H2,1,3-4H3/t14-,15-,16-,17+,18+,19+,20-,21?,23+,24-,25+/m0/s1. The van der Waals surface area contributed by atoms with Crippen molar-refractivity contribution in [3.8, 4) is 0 Å². The molecule has 4 aliphatic carbocycles. The van der Waals surface area contributed by atoms with Crippen molar-refractivity contribution in [3.05, 3.63) is 12.2 Å². The minimum absolute atomic E-state index is 0.271. The predicted molar refractivity (Wildman–Crippen MR) is 116 cm³/mol. The van der Waals surface area contributed by atoms with E-state index in [9.17, 15) is 25.5 Å². The molecule has 4 saturated carbocycles. The van der Waals surface area contributed by atoms with Gasteiger partial charge in [0.1, 0.15) is 6.10 Å². The first kappa shape index (κ1) is 23.2. The van der Waals surface area contributed by atoms with Crippen LogP contribution in [0.4, 0.5) is 0 Å². The highest BCUT2D eigenvalue weighted by atomic mass is 16.8. The van der Waals surface area contributed by atoms with Crippen molar-refractivity contribution < 1.29 is 35.0 Å². The van der Waals surface area contributed by atoms with E-state index in [1.807, 2.05) is 0 Å². The molecule has 4 bridgehead atoms. The lowest BCUT2D eigenvalue weighted by atomic mass is 9.35. The molecule has 2 aliphatic heterocycles. The van der Waals surface area contributed by atoms with E-state index in [1.165, 1.54) is 0 Å². The summed E-state index contributed by atoms with van der Waals surface area (Å²) in [5.74, 6) is -3.90. The summed E-state index contributed by atoms with van der Waals surface area (Å²) >= 11 is 0. The number of hydrogen-bond acceptors (Lipinski definition) is 7. The molecule has 7 nitrogen and oxygen atoms in total. The van der Waals surface area contributed by atoms with Crippen molar-refractivity contribution >= 4 is 0 Å². The Kier molecular flexibility index (Phi) is 5.25. The van der Waals surface area contributed by atoms with Gasteiger partial charge >= 0.3 is 0 Å². The Bertz CT molecular complexity index is 784. The van der Waals surface area contributed by atoms with Crippen LogP contribution in [0.25, 0.3) is 0 Å². The largest absolute Gasteiger partial charge is 0.393 e. The maximum absolute atomic E-state index is 12.2. The first-order valence-electron chi connectivity index (χ1n) is 12.4. The summed E-state index contributed by atoms with van der Waals surface area (Å²) in [5.41, 5.74) is -2.42. The molecular weight excluding hydrogens is 412 g/mol. The van der Waals surface area contributed by atoms with Gasteiger partial charge in [-0.25, -0.2) is 0 Å². The molecule has 6 rings (SSSR count). The molecule has 5 N–H and O–H groups in total. The maximum atomic E-state index is 12.2. The molecule has 11 atom stereocenters. The third kappa shape index (κ3) is 2.41. The first-order chi connectivity index (χ1) is 15.0. The van der Waals surface area contributed by atoms with Crippen LogP contribution in [-0.2, 0) is 9.47 Å². The fourth-order valence-corrected chi connectivity index (χ4v) is 9.02. The number of fused-ring (bicyclic) bond motifs is 2. The molecule has 0 radical (unpaired) electrons. The second-order valence-corrected chi connectivity index (χ2v) is 11.8. The van der Waals surface area contributed by atoms with Gasteiger partial charge in [0.15, 0.2) is 6.29 Å². The van der Waals surface area contributed by atoms with Crippen LogP contribution in [0.5, 0.6) is 0 Å². The summed E-state index contributed by atoms with van der Waals surface area (Å²) in [6, 6.07) is 0. The molecule has 7 heteroatoms. The Morgan fingerprint density at radius 1 is 1.06 bits per heavy atom. The molecule has 2 heterocycles. The van der Waals surface area contributed by atoms with Crippen molar-refractivity contribution in [2.45, 2.75) is 102 Å². The fourth-order valence-electron chi connectivity index (χ4n) is 9.02. The third-order valence-corrected chi connectivity index (χ3v) is 10.1. The summed E-state index contributed by atoms with van der Waals surface area (Å²) in [5, 5.41) is 58.3. The SMILES string of the molecule is C=C1[C@@H](O)[C@]23[C@H](O)[C@H]1C[C@H](O)[C@H]2[C@]12CCCC(C)(C)[C@H]1[C@H](O)[C@@]3(O)OC2OCCCCC. The summed E-state index contributed by atoms with van der Waals surface area (Å²) < 4.78 is 12.6. The third-order valence-electron chi connectivity index (χ3n) is 10.1. The molecule has 2 saturated heterocycles. The van der Waals surface area contributed by atoms with Gasteiger partial charge in [-0.1, -0.05) is 46.6 Å². The lowest BCUT2D eigenvalue weighted by Crippen LogP contribution is -2.87. The van der Waals surface area contributed by atoms with Crippen LogP contribution in [0, 0.1) is 34.0 Å². The monoisotopic (exact) mass is 452 g/mol. The summed E-state index contributed by atoms with van der Waals surface area (Å²) in [6.07, 6.45) is 0.0468. The van der Waals surface area contributed by atoms with E-state index in [2.05, 4.69) is 27.4 Å². The van der Waals surface area contributed by atoms with Crippen LogP contribution in [0.15, 0.2) is 12.2 Å². The fraction of sp³-hybridized carbons (Fsp3) is 0.920. The number of aliphatic hydroxyl groups excluding tert-OH is 4. The van der Waals surface area contributed by atoms with Crippen molar-refractivity contribution in [1.82, 2.24) is 0 Å². The minimum atomic E-state index is -2.26. The smallest absolute Gasteiger partial charge is 0.206 e. The van der Waals surface area contributed by atoms with E-state index >= 15 is 0 Å². The molecule has 6 fully saturated rings. The lowest BCUT2D eigenvalue weighted by Gasteiger charge is -2.77. The highest BCUT2D eigenvalue weighted by Crippen LogP contribution is 2.78. The molecule has 32 heavy (non-hydrogen) atoms. The van der Waals surface area contributed by atoms with Crippen molar-refractivity contribution in [2.24, 2.45) is 34.0 Å². The number of hydrogen-bond donors (Lipinski definition) is 5. The van der Waals surface area contributed by atoms with Gasteiger partial charge in [0.2, 0.25) is 5.79 Å². The van der Waals surface area contributed by atoms with Gasteiger partial charge in [0.25, 0.3) is 0 Å². The molecule has 2 spiro atoms. The van der Waals surface area contributed by atoms with Crippen LogP contribution >= 0.6 is 0 Å². The van der Waals surface area contributed by atoms with Crippen LogP contribution in [0.3, 0.4) is 0 Å². The van der Waals surface area contributed by atoms with Crippen LogP contribution < -0.4 is 0 Å². The number of aliphatic hydroxyl groups is 5. The Morgan fingerprint density at radius 3 is 2.47 bits per heavy atom. The molecule has 0 aromatic rings. The predicted octanol–water partition coefficient (Wildman–Crippen LogP) is 1.70. The molecule has 182 valence electrons. The zero-order chi connectivity index (χ0) is 23.3. The average Bonchev–Trinajstić information content (AvgIpc) is 2.83. The van der Waals surface area contributed by atoms with Crippen molar-refractivity contribution in [3.63, 3.8) is 0 Å². The topological polar surface area (TPSA) is 120 Å². The van der Waals surface area contributed by atoms with Gasteiger partial charge in [0.05, 0.1) is 23.7 Å². The second kappa shape index (κ2) is 7.23. The molecule has 0 amide bonds. The van der Waals surface area contributed by atoms with Crippen LogP contribution in [-0.4, -0.2) is 68.6 Å². The first-order valence-corrected chi connectivity index (χ1v) is 12.4. The van der Waals surface area contributed by atoms with E-state index in [0.29, 0.717) is 18.6 Å². The van der Waals surface area contributed by atoms with Crippen LogP contribution in [0.1, 0.15) is 65.7 Å². The van der Waals surface area contributed by atoms with Crippen molar-refractivity contribution in [2.75, 3.05) is 6.61 Å². The normalized spacial score (nSPS) is 55.6. The van der Waals surface area contributed by atoms with Crippen LogP contribution in [0.2, 0.25) is 0 Å². The number of unbranched alkanes of at least 4 members (excludes halogenated alkanes) is 2. The van der Waals surface area contributed by atoms with E-state index < -0.39 is 65.1 Å². The number of ether oxygens (including phenoxy) is 2. The highest BCUT2D eigenvalue weighted by Gasteiger charge is 2.88. The van der Waals surface area contributed by atoms with Gasteiger partial charge < -0.3 is 35.0 Å². The van der Waals surface area contributed by atoms with E-state index in [0.717, 1.165) is 32.1 Å². The minimum Gasteiger partial charge on any atom is -0.393 e. The maximum Gasteiger partial charge on any atom is 0.206 e. The van der Waals surface area contributed by atoms with E-state index in [4.69, 9.17) is 9.47 Å². The Balaban J connectivity index is 1.70. The van der Waals surface area contributed by atoms with Gasteiger partial charge in [-0.2, -0.15) is 0 Å². The molecule has 6 aliphatic rings. The molecule has 1 unspecified atom stereocenters. The molecule has 0 aromatic carbocycles. The van der Waals surface area contributed by atoms with Gasteiger partial charge in [0, 0.05) is 29.8 Å². The number of rotatable bonds is 5. The average molecular weight is 453 g/mol. The van der Waals surface area contributed by atoms with Crippen molar-refractivity contribution in [1.29, 1.82) is 0 Å². The van der Waals surface area contributed by atoms with E-state index in [-0.39, 0.29) is 11.8 Å². The molecule has 0 aromatic heterocycles. The zero-order valence-corrected chi connectivity index (χ0v) is 19.5. The van der Waals surface area contributed by atoms with Gasteiger partial charge in [-0.3, -0.25) is 0 Å². The Labute approximate surface area is 190 Å². The quantitative estimate of drug-likeness (QED) is 0.318. The van der Waals surface area contributed by atoms with Gasteiger partial charge in [-0.05, 0) is 36.7 Å². The summed E-state index contributed by atoms with van der Waals surface area (Å²) in [4.78, 5) is 0. The molecular formula is C25H40O7. The highest BCUT2D eigenvalue weighted by molar-refractivity contribution is 5.38. The van der Waals surface area contributed by atoms with E-state index in [1.54, 1.807) is 0 Å². The summed E-state index contributed by atoms with van der Waals surface area (Å²) in [6.45, 7) is 10.8. The zero-order valence-electron chi connectivity index (χ0n) is 19.5. The van der Waals surface area contributed by atoms with Gasteiger partial charge in [-0.15, -0.1) is 0 Å². The summed E-state index contributed by atoms with van der Waals surface area (Å²) in [7, 11) is 0. The lowest BCUT2D eigenvalue weighted by molar-refractivity contribution is -0.523. The Hall–Kier alpha value is -0.540. The Morgan fingerprint density at radius 2 is 1.78 bits per heavy atom.